The third kappa shape index (κ3) is 3.49. The van der Waals surface area contributed by atoms with Gasteiger partial charge in [-0.2, -0.15) is 0 Å². The fraction of sp³-hybridized carbons (Fsp3) is 0.350. The molecule has 1 unspecified atom stereocenters. The van der Waals surface area contributed by atoms with Crippen molar-refractivity contribution in [3.63, 3.8) is 0 Å². The second-order valence-electron chi connectivity index (χ2n) is 7.89. The summed E-state index contributed by atoms with van der Waals surface area (Å²) in [5.74, 6) is 1.96. The molecule has 1 amide bonds. The number of aromatic nitrogens is 7. The Labute approximate surface area is 181 Å². The number of hydrogen-bond acceptors (Lipinski definition) is 10. The minimum Gasteiger partial charge on any atom is -0.469 e. The van der Waals surface area contributed by atoms with Gasteiger partial charge in [0.25, 0.3) is 5.89 Å². The lowest BCUT2D eigenvalue weighted by molar-refractivity contribution is -0.131. The van der Waals surface area contributed by atoms with Crippen LogP contribution in [-0.4, -0.2) is 59.0 Å². The van der Waals surface area contributed by atoms with Crippen LogP contribution in [0.3, 0.4) is 0 Å². The smallest absolute Gasteiger partial charge is 0.250 e. The number of nitrogens with one attached hydrogen (secondary N) is 2. The first-order valence-electron chi connectivity index (χ1n) is 10.3. The van der Waals surface area contributed by atoms with E-state index in [1.54, 1.807) is 23.6 Å². The van der Waals surface area contributed by atoms with E-state index in [-0.39, 0.29) is 30.2 Å². The summed E-state index contributed by atoms with van der Waals surface area (Å²) in [6.45, 7) is 1.02. The van der Waals surface area contributed by atoms with Crippen molar-refractivity contribution in [3.8, 4) is 11.5 Å². The number of anilines is 1. The van der Waals surface area contributed by atoms with E-state index in [9.17, 15) is 4.79 Å². The van der Waals surface area contributed by atoms with Crippen molar-refractivity contribution in [3.05, 3.63) is 53.3 Å². The van der Waals surface area contributed by atoms with Crippen molar-refractivity contribution in [2.75, 3.05) is 11.9 Å². The molecule has 162 valence electrons. The maximum atomic E-state index is 12.6. The highest BCUT2D eigenvalue weighted by Crippen LogP contribution is 2.25. The summed E-state index contributed by atoms with van der Waals surface area (Å²) < 4.78 is 11.1. The fourth-order valence-corrected chi connectivity index (χ4v) is 4.09. The van der Waals surface area contributed by atoms with E-state index in [2.05, 4.69) is 40.9 Å². The lowest BCUT2D eigenvalue weighted by Gasteiger charge is -2.25. The van der Waals surface area contributed by atoms with Gasteiger partial charge in [-0.05, 0) is 18.1 Å². The predicted molar refractivity (Wildman–Crippen MR) is 108 cm³/mol. The Hall–Kier alpha value is -4.09. The molecule has 0 bridgehead atoms. The molecular weight excluding hydrogens is 414 g/mol. The Balaban J connectivity index is 1.07. The van der Waals surface area contributed by atoms with Gasteiger partial charge in [0.2, 0.25) is 17.7 Å². The molecule has 12 nitrogen and oxygen atoms in total. The van der Waals surface area contributed by atoms with Crippen LogP contribution in [-0.2, 0) is 37.0 Å². The molecule has 2 aliphatic rings. The van der Waals surface area contributed by atoms with Gasteiger partial charge in [0.15, 0.2) is 0 Å². The lowest BCUT2D eigenvalue weighted by Crippen LogP contribution is -2.37. The van der Waals surface area contributed by atoms with Crippen molar-refractivity contribution in [2.45, 2.75) is 38.3 Å². The molecule has 5 heterocycles. The van der Waals surface area contributed by atoms with Crippen LogP contribution in [0.25, 0.3) is 11.5 Å². The van der Waals surface area contributed by atoms with Crippen molar-refractivity contribution in [2.24, 2.45) is 0 Å². The first kappa shape index (κ1) is 18.7. The number of carbonyl (C=O) groups excluding carboxylic acids is 1. The Morgan fingerprint density at radius 2 is 2.12 bits per heavy atom. The van der Waals surface area contributed by atoms with Crippen LogP contribution in [0.15, 0.2) is 33.6 Å². The Morgan fingerprint density at radius 1 is 1.22 bits per heavy atom. The number of furan rings is 1. The van der Waals surface area contributed by atoms with Crippen molar-refractivity contribution in [1.29, 1.82) is 0 Å². The molecular formula is C20H19N9O3. The van der Waals surface area contributed by atoms with E-state index >= 15 is 0 Å². The van der Waals surface area contributed by atoms with E-state index < -0.39 is 0 Å². The average Bonchev–Trinajstić information content (AvgIpc) is 3.58. The number of fused-ring (bicyclic) bond motifs is 2. The maximum absolute atomic E-state index is 12.6. The molecule has 4 aromatic rings. The van der Waals surface area contributed by atoms with Crippen LogP contribution in [0.5, 0.6) is 0 Å². The molecule has 1 aliphatic carbocycles. The van der Waals surface area contributed by atoms with E-state index in [1.807, 2.05) is 6.07 Å². The lowest BCUT2D eigenvalue weighted by atomic mass is 10.1. The molecule has 0 radical (unpaired) electrons. The van der Waals surface area contributed by atoms with E-state index in [0.29, 0.717) is 31.0 Å². The normalized spacial score (nSPS) is 17.2. The maximum Gasteiger partial charge on any atom is 0.250 e. The molecule has 0 aromatic carbocycles. The molecule has 0 saturated heterocycles. The highest BCUT2D eigenvalue weighted by atomic mass is 16.4. The predicted octanol–water partition coefficient (Wildman–Crippen LogP) is 0.944. The average molecular weight is 433 g/mol. The second kappa shape index (κ2) is 7.55. The summed E-state index contributed by atoms with van der Waals surface area (Å²) >= 11 is 0. The molecule has 2 N–H and O–H groups in total. The summed E-state index contributed by atoms with van der Waals surface area (Å²) in [5.41, 5.74) is 3.58. The van der Waals surface area contributed by atoms with Gasteiger partial charge in [0, 0.05) is 37.8 Å². The van der Waals surface area contributed by atoms with Crippen LogP contribution in [0.2, 0.25) is 0 Å². The molecule has 6 rings (SSSR count). The summed E-state index contributed by atoms with van der Waals surface area (Å²) in [6, 6.07) is 2.20. The topological polar surface area (TPSA) is 152 Å². The molecule has 0 saturated carbocycles. The van der Waals surface area contributed by atoms with Crippen molar-refractivity contribution < 1.29 is 13.6 Å². The highest BCUT2D eigenvalue weighted by molar-refractivity contribution is 5.78. The minimum absolute atomic E-state index is 0.0244. The fourth-order valence-electron chi connectivity index (χ4n) is 4.09. The molecule has 12 heteroatoms. The number of rotatable bonds is 5. The third-order valence-electron chi connectivity index (χ3n) is 5.77. The number of aromatic amines is 1. The number of amides is 1. The minimum atomic E-state index is -0.0967. The van der Waals surface area contributed by atoms with Gasteiger partial charge in [0.1, 0.15) is 17.9 Å². The SMILES string of the molecule is O=C(Cc1nnc(-c2cnc(NC3Cc4ccoc4C3)nc2)o1)N1CCc2[nH]nnc2C1. The largest absolute Gasteiger partial charge is 0.469 e. The van der Waals surface area contributed by atoms with E-state index in [4.69, 9.17) is 8.83 Å². The van der Waals surface area contributed by atoms with Gasteiger partial charge in [0.05, 0.1) is 24.1 Å². The van der Waals surface area contributed by atoms with E-state index in [0.717, 1.165) is 30.0 Å². The van der Waals surface area contributed by atoms with Crippen LogP contribution in [0.4, 0.5) is 5.95 Å². The number of hydrogen-bond donors (Lipinski definition) is 2. The number of H-pyrrole nitrogens is 1. The van der Waals surface area contributed by atoms with Gasteiger partial charge in [-0.1, -0.05) is 5.21 Å². The van der Waals surface area contributed by atoms with Gasteiger partial charge < -0.3 is 19.1 Å². The molecule has 1 aliphatic heterocycles. The summed E-state index contributed by atoms with van der Waals surface area (Å²) in [6.07, 6.45) is 7.38. The zero-order valence-electron chi connectivity index (χ0n) is 17.0. The molecule has 0 spiro atoms. The Kier molecular flexibility index (Phi) is 4.40. The van der Waals surface area contributed by atoms with E-state index in [1.165, 1.54) is 5.56 Å². The van der Waals surface area contributed by atoms with Crippen LogP contribution >= 0.6 is 0 Å². The molecule has 0 fully saturated rings. The van der Waals surface area contributed by atoms with Crippen LogP contribution in [0, 0.1) is 0 Å². The number of carbonyl (C=O) groups is 1. The molecule has 1 atom stereocenters. The summed E-state index contributed by atoms with van der Waals surface area (Å²) in [4.78, 5) is 23.0. The molecule has 32 heavy (non-hydrogen) atoms. The summed E-state index contributed by atoms with van der Waals surface area (Å²) in [5, 5.41) is 22.0. The van der Waals surface area contributed by atoms with Gasteiger partial charge in [-0.15, -0.1) is 15.3 Å². The van der Waals surface area contributed by atoms with Gasteiger partial charge in [-0.3, -0.25) is 9.89 Å². The highest BCUT2D eigenvalue weighted by Gasteiger charge is 2.26. The monoisotopic (exact) mass is 433 g/mol. The van der Waals surface area contributed by atoms with Crippen molar-refractivity contribution >= 4 is 11.9 Å². The standard InChI is InChI=1S/C20H19N9O3/c30-18(29-3-1-14-15(10-29)25-28-24-14)7-17-26-27-19(32-17)12-8-21-20(22-9-12)23-13-5-11-2-4-31-16(11)6-13/h2,4,8-9,13H,1,3,5-7,10H2,(H,21,22,23)(H,24,25,28). The van der Waals surface area contributed by atoms with Crippen molar-refractivity contribution in [1.82, 2.24) is 40.5 Å². The van der Waals surface area contributed by atoms with Gasteiger partial charge in [-0.25, -0.2) is 9.97 Å². The quantitative estimate of drug-likeness (QED) is 0.465. The Bertz CT molecular complexity index is 1240. The number of nitrogens with zero attached hydrogens (tertiary/aromatic N) is 7. The Morgan fingerprint density at radius 3 is 3.00 bits per heavy atom. The first-order chi connectivity index (χ1) is 15.7. The van der Waals surface area contributed by atoms with Crippen LogP contribution in [0.1, 0.15) is 28.6 Å². The van der Waals surface area contributed by atoms with Crippen LogP contribution < -0.4 is 5.32 Å². The third-order valence-corrected chi connectivity index (χ3v) is 5.77. The summed E-state index contributed by atoms with van der Waals surface area (Å²) in [7, 11) is 0. The second-order valence-corrected chi connectivity index (χ2v) is 7.89. The first-order valence-corrected chi connectivity index (χ1v) is 10.3. The van der Waals surface area contributed by atoms with Gasteiger partial charge >= 0.3 is 0 Å². The zero-order valence-corrected chi connectivity index (χ0v) is 17.0. The molecule has 4 aromatic heterocycles. The zero-order chi connectivity index (χ0) is 21.5.